The summed E-state index contributed by atoms with van der Waals surface area (Å²) in [7, 11) is 1.35. The molecule has 1 aromatic rings. The van der Waals surface area contributed by atoms with Crippen LogP contribution in [0, 0.1) is 0 Å². The van der Waals surface area contributed by atoms with Crippen LogP contribution >= 0.6 is 0 Å². The van der Waals surface area contributed by atoms with Gasteiger partial charge in [-0.2, -0.15) is 0 Å². The zero-order valence-corrected chi connectivity index (χ0v) is 12.9. The molecule has 1 rings (SSSR count). The first-order valence-electron chi connectivity index (χ1n) is 7.26. The van der Waals surface area contributed by atoms with Crippen molar-refractivity contribution in [2.24, 2.45) is 0 Å². The van der Waals surface area contributed by atoms with E-state index in [1.165, 1.54) is 7.11 Å². The van der Waals surface area contributed by atoms with Crippen LogP contribution in [0.4, 0.5) is 0 Å². The molecule has 20 heavy (non-hydrogen) atoms. The second-order valence-corrected chi connectivity index (χ2v) is 4.75. The fraction of sp³-hybridized carbons (Fsp3) is 0.667. The molecule has 0 aromatic carbocycles. The number of methoxy groups -OCH3 is 1. The van der Waals surface area contributed by atoms with Crippen LogP contribution in [-0.2, 0) is 4.74 Å². The van der Waals surface area contributed by atoms with Gasteiger partial charge in [0, 0.05) is 0 Å². The van der Waals surface area contributed by atoms with Crippen LogP contribution < -0.4 is 5.32 Å². The lowest BCUT2D eigenvalue weighted by atomic mass is 10.2. The van der Waals surface area contributed by atoms with Crippen molar-refractivity contribution < 1.29 is 13.9 Å². The number of nitrogens with zero attached hydrogens (tertiary/aromatic N) is 1. The van der Waals surface area contributed by atoms with E-state index >= 15 is 0 Å². The maximum absolute atomic E-state index is 11.3. The highest BCUT2D eigenvalue weighted by molar-refractivity contribution is 5.86. The molecule has 0 spiro atoms. The van der Waals surface area contributed by atoms with E-state index in [1.54, 1.807) is 6.07 Å². The topological polar surface area (TPSA) is 54.7 Å². The standard InChI is InChI=1S/C15H26N2O3/c1-5-17(6-2)11-7-10-16-12(3)13-8-9-14(20-13)15(18)19-4/h8-9,12,16H,5-7,10-11H2,1-4H3. The Morgan fingerprint density at radius 2 is 2.10 bits per heavy atom. The Hall–Kier alpha value is -1.33. The van der Waals surface area contributed by atoms with Crippen LogP contribution in [0.5, 0.6) is 0 Å². The molecule has 0 aliphatic carbocycles. The first-order chi connectivity index (χ1) is 9.62. The fourth-order valence-corrected chi connectivity index (χ4v) is 2.06. The average Bonchev–Trinajstić information content (AvgIpc) is 2.96. The van der Waals surface area contributed by atoms with Crippen LogP contribution in [0.15, 0.2) is 16.5 Å². The van der Waals surface area contributed by atoms with Gasteiger partial charge in [0.1, 0.15) is 5.76 Å². The maximum Gasteiger partial charge on any atom is 0.373 e. The fourth-order valence-electron chi connectivity index (χ4n) is 2.06. The smallest absolute Gasteiger partial charge is 0.373 e. The van der Waals surface area contributed by atoms with Crippen molar-refractivity contribution in [3.63, 3.8) is 0 Å². The SMILES string of the molecule is CCN(CC)CCCNC(C)c1ccc(C(=O)OC)o1. The molecule has 1 atom stereocenters. The quantitative estimate of drug-likeness (QED) is 0.557. The average molecular weight is 282 g/mol. The minimum absolute atomic E-state index is 0.0881. The van der Waals surface area contributed by atoms with Crippen LogP contribution in [0.1, 0.15) is 49.5 Å². The van der Waals surface area contributed by atoms with Crippen molar-refractivity contribution in [1.29, 1.82) is 0 Å². The molecule has 1 N–H and O–H groups in total. The summed E-state index contributed by atoms with van der Waals surface area (Å²) in [5.41, 5.74) is 0. The number of carbonyl (C=O) groups is 1. The van der Waals surface area contributed by atoms with Crippen molar-refractivity contribution in [1.82, 2.24) is 10.2 Å². The number of rotatable bonds is 9. The highest BCUT2D eigenvalue weighted by atomic mass is 16.5. The Kier molecular flexibility index (Phi) is 7.33. The zero-order chi connectivity index (χ0) is 15.0. The highest BCUT2D eigenvalue weighted by Crippen LogP contribution is 2.16. The van der Waals surface area contributed by atoms with Gasteiger partial charge in [0.15, 0.2) is 0 Å². The Labute approximate surface area is 121 Å². The van der Waals surface area contributed by atoms with Gasteiger partial charge in [-0.15, -0.1) is 0 Å². The Balaban J connectivity index is 2.34. The summed E-state index contributed by atoms with van der Waals surface area (Å²) in [5, 5.41) is 3.40. The lowest BCUT2D eigenvalue weighted by Crippen LogP contribution is -2.28. The number of nitrogens with one attached hydrogen (secondary N) is 1. The lowest BCUT2D eigenvalue weighted by Gasteiger charge is -2.18. The van der Waals surface area contributed by atoms with E-state index in [2.05, 4.69) is 28.8 Å². The van der Waals surface area contributed by atoms with E-state index in [1.807, 2.05) is 13.0 Å². The molecule has 0 amide bonds. The second kappa shape index (κ2) is 8.76. The molecular formula is C15H26N2O3. The van der Waals surface area contributed by atoms with Crippen molar-refractivity contribution in [3.05, 3.63) is 23.7 Å². The first-order valence-corrected chi connectivity index (χ1v) is 7.26. The third-order valence-electron chi connectivity index (χ3n) is 3.44. The van der Waals surface area contributed by atoms with E-state index < -0.39 is 5.97 Å². The summed E-state index contributed by atoms with van der Waals surface area (Å²) in [6.45, 7) is 10.6. The van der Waals surface area contributed by atoms with Gasteiger partial charge < -0.3 is 19.4 Å². The van der Waals surface area contributed by atoms with Crippen LogP contribution in [0.2, 0.25) is 0 Å². The third-order valence-corrected chi connectivity index (χ3v) is 3.44. The Bertz CT molecular complexity index is 400. The number of ether oxygens (including phenoxy) is 1. The first kappa shape index (κ1) is 16.7. The van der Waals surface area contributed by atoms with E-state index in [4.69, 9.17) is 4.42 Å². The Morgan fingerprint density at radius 1 is 1.40 bits per heavy atom. The molecule has 0 saturated heterocycles. The number of esters is 1. The lowest BCUT2D eigenvalue weighted by molar-refractivity contribution is 0.0562. The minimum atomic E-state index is -0.440. The van der Waals surface area contributed by atoms with Crippen molar-refractivity contribution in [2.75, 3.05) is 33.3 Å². The number of carbonyl (C=O) groups excluding carboxylic acids is 1. The summed E-state index contributed by atoms with van der Waals surface area (Å²) in [4.78, 5) is 13.7. The van der Waals surface area contributed by atoms with Crippen LogP contribution in [-0.4, -0.2) is 44.2 Å². The molecular weight excluding hydrogens is 256 g/mol. The molecule has 5 nitrogen and oxygen atoms in total. The maximum atomic E-state index is 11.3. The van der Waals surface area contributed by atoms with Crippen LogP contribution in [0.25, 0.3) is 0 Å². The molecule has 1 heterocycles. The van der Waals surface area contributed by atoms with Crippen LogP contribution in [0.3, 0.4) is 0 Å². The molecule has 5 heteroatoms. The Morgan fingerprint density at radius 3 is 2.70 bits per heavy atom. The predicted molar refractivity (Wildman–Crippen MR) is 78.9 cm³/mol. The summed E-state index contributed by atoms with van der Waals surface area (Å²) >= 11 is 0. The number of furan rings is 1. The van der Waals surface area contributed by atoms with Gasteiger partial charge in [0.25, 0.3) is 0 Å². The molecule has 114 valence electrons. The second-order valence-electron chi connectivity index (χ2n) is 4.75. The van der Waals surface area contributed by atoms with Gasteiger partial charge >= 0.3 is 5.97 Å². The molecule has 0 bridgehead atoms. The van der Waals surface area contributed by atoms with E-state index in [0.29, 0.717) is 0 Å². The summed E-state index contributed by atoms with van der Waals surface area (Å²) in [5.74, 6) is 0.567. The number of hydrogen-bond donors (Lipinski definition) is 1. The molecule has 0 radical (unpaired) electrons. The van der Waals surface area contributed by atoms with Gasteiger partial charge in [-0.25, -0.2) is 4.79 Å². The summed E-state index contributed by atoms with van der Waals surface area (Å²) in [6.07, 6.45) is 1.09. The van der Waals surface area contributed by atoms with Crippen molar-refractivity contribution >= 4 is 5.97 Å². The summed E-state index contributed by atoms with van der Waals surface area (Å²) < 4.78 is 10.1. The molecule has 1 unspecified atom stereocenters. The summed E-state index contributed by atoms with van der Waals surface area (Å²) in [6, 6.07) is 3.55. The third kappa shape index (κ3) is 4.98. The minimum Gasteiger partial charge on any atom is -0.463 e. The zero-order valence-electron chi connectivity index (χ0n) is 12.9. The molecule has 1 aromatic heterocycles. The molecule has 0 aliphatic heterocycles. The molecule has 0 fully saturated rings. The van der Waals surface area contributed by atoms with Gasteiger partial charge in [-0.3, -0.25) is 0 Å². The predicted octanol–water partition coefficient (Wildman–Crippen LogP) is 2.45. The van der Waals surface area contributed by atoms with Gasteiger partial charge in [-0.05, 0) is 51.7 Å². The number of hydrogen-bond acceptors (Lipinski definition) is 5. The molecule has 0 aliphatic rings. The van der Waals surface area contributed by atoms with Gasteiger partial charge in [-0.1, -0.05) is 13.8 Å². The van der Waals surface area contributed by atoms with Crippen molar-refractivity contribution in [3.8, 4) is 0 Å². The molecule has 0 saturated carbocycles. The normalized spacial score (nSPS) is 12.7. The van der Waals surface area contributed by atoms with E-state index in [9.17, 15) is 4.79 Å². The highest BCUT2D eigenvalue weighted by Gasteiger charge is 2.14. The van der Waals surface area contributed by atoms with E-state index in [0.717, 1.165) is 38.4 Å². The monoisotopic (exact) mass is 282 g/mol. The van der Waals surface area contributed by atoms with Crippen molar-refractivity contribution in [2.45, 2.75) is 33.2 Å². The van der Waals surface area contributed by atoms with Gasteiger partial charge in [0.2, 0.25) is 5.76 Å². The van der Waals surface area contributed by atoms with E-state index in [-0.39, 0.29) is 11.8 Å². The van der Waals surface area contributed by atoms with Gasteiger partial charge in [0.05, 0.1) is 13.2 Å². The largest absolute Gasteiger partial charge is 0.463 e.